The molecule has 248 valence electrons. The van der Waals surface area contributed by atoms with Gasteiger partial charge in [0.2, 0.25) is 0 Å². The lowest BCUT2D eigenvalue weighted by molar-refractivity contribution is -0.277. The highest BCUT2D eigenvalue weighted by Crippen LogP contribution is 2.31. The summed E-state index contributed by atoms with van der Waals surface area (Å²) >= 11 is 0. The summed E-state index contributed by atoms with van der Waals surface area (Å²) in [7, 11) is 0. The van der Waals surface area contributed by atoms with Crippen LogP contribution in [0, 0.1) is 29.6 Å². The molecule has 14 heteroatoms. The van der Waals surface area contributed by atoms with Crippen molar-refractivity contribution in [1.82, 2.24) is 0 Å². The Labute approximate surface area is 242 Å². The average Bonchev–Trinajstić information content (AvgIpc) is 2.91. The minimum atomic E-state index is -1.53. The standard InChI is InChI=1S/C10H20O4.C9H18O5.C8H18O5/c1-4-6-8(11)9(12)7(5(2)3)10(13)14-6;1-4(2)8-7(12)6(11)5(3-10)9(13)14-8;1-4(2)6(11)8(13)7(12)5(10)3-9/h5-13H,4H2,1-3H3;4-13H,3H2,1-2H3;4-13H,3H2,1-2H3. The summed E-state index contributed by atoms with van der Waals surface area (Å²) in [6.45, 7) is 11.6. The van der Waals surface area contributed by atoms with Crippen molar-refractivity contribution in [2.45, 2.75) is 129 Å². The van der Waals surface area contributed by atoms with Crippen molar-refractivity contribution in [3.8, 4) is 0 Å². The minimum Gasteiger partial charge on any atom is -0.396 e. The van der Waals surface area contributed by atoms with E-state index in [9.17, 15) is 46.0 Å². The van der Waals surface area contributed by atoms with Gasteiger partial charge in [-0.2, -0.15) is 0 Å². The maximum Gasteiger partial charge on any atom is 0.162 e. The third-order valence-corrected chi connectivity index (χ3v) is 7.56. The van der Waals surface area contributed by atoms with Crippen LogP contribution in [0.5, 0.6) is 0 Å². The molecule has 2 aliphatic heterocycles. The van der Waals surface area contributed by atoms with E-state index in [-0.39, 0.29) is 17.8 Å². The average molecular weight is 605 g/mol. The Balaban J connectivity index is 0.000000586. The molecule has 0 aromatic rings. The number of rotatable bonds is 9. The monoisotopic (exact) mass is 604 g/mol. The van der Waals surface area contributed by atoms with Crippen LogP contribution in [-0.4, -0.2) is 148 Å². The second-order valence-corrected chi connectivity index (χ2v) is 11.8. The lowest BCUT2D eigenvalue weighted by Crippen LogP contribution is -2.56. The molecule has 14 atom stereocenters. The molecular weight excluding hydrogens is 548 g/mol. The molecule has 0 radical (unpaired) electrons. The van der Waals surface area contributed by atoms with E-state index in [0.717, 1.165) is 0 Å². The van der Waals surface area contributed by atoms with Gasteiger partial charge in [-0.3, -0.25) is 0 Å². The Morgan fingerprint density at radius 2 is 1.15 bits per heavy atom. The molecule has 0 saturated carbocycles. The molecule has 0 aliphatic carbocycles. The lowest BCUT2D eigenvalue weighted by atomic mass is 9.82. The van der Waals surface area contributed by atoms with Crippen LogP contribution in [0.3, 0.4) is 0 Å². The van der Waals surface area contributed by atoms with E-state index in [1.165, 1.54) is 0 Å². The van der Waals surface area contributed by atoms with E-state index in [0.29, 0.717) is 6.42 Å². The van der Waals surface area contributed by atoms with E-state index in [1.807, 2.05) is 34.6 Å². The van der Waals surface area contributed by atoms with Gasteiger partial charge in [0.1, 0.15) is 30.5 Å². The Bertz CT molecular complexity index is 680. The summed E-state index contributed by atoms with van der Waals surface area (Å²) in [5.41, 5.74) is 0. The summed E-state index contributed by atoms with van der Waals surface area (Å²) in [6, 6.07) is 0. The molecule has 2 aliphatic rings. The summed E-state index contributed by atoms with van der Waals surface area (Å²) in [5.74, 6) is -1.40. The fourth-order valence-corrected chi connectivity index (χ4v) is 4.67. The molecule has 41 heavy (non-hydrogen) atoms. The second-order valence-electron chi connectivity index (χ2n) is 11.8. The Morgan fingerprint density at radius 3 is 1.54 bits per heavy atom. The predicted octanol–water partition coefficient (Wildman–Crippen LogP) is -3.12. The van der Waals surface area contributed by atoms with Gasteiger partial charge in [-0.15, -0.1) is 0 Å². The van der Waals surface area contributed by atoms with Crippen molar-refractivity contribution >= 4 is 0 Å². The zero-order chi connectivity index (χ0) is 32.4. The Hall–Kier alpha value is -0.560. The van der Waals surface area contributed by atoms with Crippen molar-refractivity contribution in [1.29, 1.82) is 0 Å². The largest absolute Gasteiger partial charge is 0.396 e. The molecule has 0 aromatic carbocycles. The number of ether oxygens (including phenoxy) is 2. The smallest absolute Gasteiger partial charge is 0.162 e. The Morgan fingerprint density at radius 1 is 0.610 bits per heavy atom. The molecule has 0 amide bonds. The summed E-state index contributed by atoms with van der Waals surface area (Å²) in [4.78, 5) is 0. The maximum atomic E-state index is 9.79. The maximum absolute atomic E-state index is 9.79. The molecule has 0 aromatic heterocycles. The fourth-order valence-electron chi connectivity index (χ4n) is 4.67. The zero-order valence-corrected chi connectivity index (χ0v) is 25.1. The van der Waals surface area contributed by atoms with Crippen LogP contribution < -0.4 is 0 Å². The number of aliphatic hydroxyl groups excluding tert-OH is 12. The second kappa shape index (κ2) is 19.0. The quantitative estimate of drug-likeness (QED) is 0.124. The topological polar surface area (TPSA) is 261 Å². The molecule has 0 spiro atoms. The number of aliphatic hydroxyl groups is 12. The van der Waals surface area contributed by atoms with Gasteiger partial charge in [0, 0.05) is 5.92 Å². The van der Waals surface area contributed by atoms with Gasteiger partial charge < -0.3 is 70.8 Å². The van der Waals surface area contributed by atoms with E-state index < -0.39 is 98.7 Å². The Kier molecular flexibility index (Phi) is 18.7. The summed E-state index contributed by atoms with van der Waals surface area (Å²) in [5, 5.41) is 112. The van der Waals surface area contributed by atoms with Gasteiger partial charge in [-0.25, -0.2) is 0 Å². The highest BCUT2D eigenvalue weighted by molar-refractivity contribution is 4.90. The van der Waals surface area contributed by atoms with Crippen molar-refractivity contribution in [2.24, 2.45) is 29.6 Å². The summed E-state index contributed by atoms with van der Waals surface area (Å²) < 4.78 is 10.4. The molecule has 2 heterocycles. The van der Waals surface area contributed by atoms with Gasteiger partial charge in [0.05, 0.1) is 49.7 Å². The van der Waals surface area contributed by atoms with Gasteiger partial charge in [0.25, 0.3) is 0 Å². The molecule has 2 rings (SSSR count). The van der Waals surface area contributed by atoms with Gasteiger partial charge in [-0.05, 0) is 24.2 Å². The zero-order valence-electron chi connectivity index (χ0n) is 25.1. The van der Waals surface area contributed by atoms with Crippen molar-refractivity contribution in [3.05, 3.63) is 0 Å². The van der Waals surface area contributed by atoms with Gasteiger partial charge in [0.15, 0.2) is 12.6 Å². The molecule has 14 unspecified atom stereocenters. The highest BCUT2D eigenvalue weighted by atomic mass is 16.6. The van der Waals surface area contributed by atoms with Crippen LogP contribution in [0.25, 0.3) is 0 Å². The first-order valence-electron chi connectivity index (χ1n) is 14.2. The first-order valence-corrected chi connectivity index (χ1v) is 14.2. The molecular formula is C27H56O14. The van der Waals surface area contributed by atoms with Crippen molar-refractivity contribution in [3.63, 3.8) is 0 Å². The van der Waals surface area contributed by atoms with E-state index in [2.05, 4.69) is 0 Å². The van der Waals surface area contributed by atoms with Crippen LogP contribution in [0.1, 0.15) is 54.9 Å². The van der Waals surface area contributed by atoms with Crippen molar-refractivity contribution in [2.75, 3.05) is 13.2 Å². The van der Waals surface area contributed by atoms with Gasteiger partial charge >= 0.3 is 0 Å². The van der Waals surface area contributed by atoms with E-state index in [1.54, 1.807) is 13.8 Å². The third-order valence-electron chi connectivity index (χ3n) is 7.56. The normalized spacial score (nSPS) is 37.0. The highest BCUT2D eigenvalue weighted by Gasteiger charge is 2.45. The van der Waals surface area contributed by atoms with Crippen LogP contribution in [0.4, 0.5) is 0 Å². The van der Waals surface area contributed by atoms with Crippen LogP contribution >= 0.6 is 0 Å². The van der Waals surface area contributed by atoms with Crippen LogP contribution in [0.15, 0.2) is 0 Å². The fraction of sp³-hybridized carbons (Fsp3) is 1.00. The van der Waals surface area contributed by atoms with Crippen LogP contribution in [0.2, 0.25) is 0 Å². The van der Waals surface area contributed by atoms with Crippen LogP contribution in [-0.2, 0) is 9.47 Å². The predicted molar refractivity (Wildman–Crippen MR) is 146 cm³/mol. The lowest BCUT2D eigenvalue weighted by Gasteiger charge is -2.42. The summed E-state index contributed by atoms with van der Waals surface area (Å²) in [6.07, 6.45) is -12.2. The molecule has 0 bridgehead atoms. The molecule has 2 saturated heterocycles. The number of hydrogen-bond acceptors (Lipinski definition) is 14. The molecule has 2 fully saturated rings. The third kappa shape index (κ3) is 11.5. The molecule has 12 N–H and O–H groups in total. The first kappa shape index (κ1) is 40.4. The van der Waals surface area contributed by atoms with E-state index >= 15 is 0 Å². The van der Waals surface area contributed by atoms with E-state index in [4.69, 9.17) is 24.8 Å². The number of hydrogen-bond donors (Lipinski definition) is 12. The minimum absolute atomic E-state index is 0.00561. The molecule has 14 nitrogen and oxygen atoms in total. The van der Waals surface area contributed by atoms with Crippen molar-refractivity contribution < 1.29 is 70.8 Å². The van der Waals surface area contributed by atoms with Gasteiger partial charge in [-0.1, -0.05) is 48.5 Å². The first-order chi connectivity index (χ1) is 18.9. The SMILES string of the molecule is CC(C)C(O)C(O)C(O)C(O)CO.CC(C)C1OC(O)C(CO)C(O)C1O.CCC1OC(O)C(C(C)C)C(O)C1O.